The first-order chi connectivity index (χ1) is 14.7. The number of nitrogens with two attached hydrogens (primary N) is 1. The zero-order chi connectivity index (χ0) is 23.4. The van der Waals surface area contributed by atoms with E-state index in [2.05, 4.69) is 28.6 Å². The lowest BCUT2D eigenvalue weighted by molar-refractivity contribution is -0.142. The van der Waals surface area contributed by atoms with E-state index in [0.717, 1.165) is 0 Å². The largest absolute Gasteiger partial charge is 0.508 e. The molecule has 0 saturated heterocycles. The summed E-state index contributed by atoms with van der Waals surface area (Å²) in [7, 11) is 0. The Hall–Kier alpha value is -2.44. The highest BCUT2D eigenvalue weighted by Gasteiger charge is 2.29. The van der Waals surface area contributed by atoms with Gasteiger partial charge in [0.05, 0.1) is 6.54 Å². The number of carboxylic acids is 1. The number of amides is 3. The minimum atomic E-state index is -1.18. The average Bonchev–Trinajstić information content (AvgIpc) is 2.75. The van der Waals surface area contributed by atoms with Gasteiger partial charge in [0.1, 0.15) is 23.9 Å². The molecular formula is C19H28N4O6S2. The van der Waals surface area contributed by atoms with Crippen molar-refractivity contribution in [2.24, 2.45) is 5.73 Å². The number of thioether (sulfide) groups is 1. The highest BCUT2D eigenvalue weighted by Crippen LogP contribution is 2.12. The number of aromatic hydroxyl groups is 1. The third-order valence-corrected chi connectivity index (χ3v) is 5.26. The molecule has 3 amide bonds. The maximum absolute atomic E-state index is 12.8. The number of nitrogens with one attached hydrogen (secondary N) is 3. The quantitative estimate of drug-likeness (QED) is 0.181. The molecule has 3 atom stereocenters. The molecule has 0 aliphatic heterocycles. The SMILES string of the molecule is CSCCC(NC(=O)C(Cc1ccc(O)cc1)NC(=O)C(CS)NC(=O)CN)C(=O)O. The first-order valence-electron chi connectivity index (χ1n) is 9.42. The van der Waals surface area contributed by atoms with Crippen molar-refractivity contribution >= 4 is 48.1 Å². The molecule has 0 heterocycles. The zero-order valence-electron chi connectivity index (χ0n) is 17.0. The van der Waals surface area contributed by atoms with Crippen molar-refractivity contribution in [2.75, 3.05) is 24.3 Å². The number of aliphatic carboxylic acids is 1. The highest BCUT2D eigenvalue weighted by atomic mass is 32.2. The number of hydrogen-bond acceptors (Lipinski definition) is 8. The summed E-state index contributed by atoms with van der Waals surface area (Å²) in [5.41, 5.74) is 5.88. The van der Waals surface area contributed by atoms with Gasteiger partial charge in [-0.25, -0.2) is 4.79 Å². The molecule has 172 valence electrons. The van der Waals surface area contributed by atoms with Crippen LogP contribution in [-0.2, 0) is 25.6 Å². The number of phenolic OH excluding ortho intramolecular Hbond substituents is 1. The van der Waals surface area contributed by atoms with Crippen LogP contribution >= 0.6 is 24.4 Å². The van der Waals surface area contributed by atoms with E-state index in [-0.39, 0.29) is 30.9 Å². The third-order valence-electron chi connectivity index (χ3n) is 4.25. The molecule has 1 rings (SSSR count). The third kappa shape index (κ3) is 9.49. The lowest BCUT2D eigenvalue weighted by atomic mass is 10.0. The lowest BCUT2D eigenvalue weighted by Gasteiger charge is -2.24. The van der Waals surface area contributed by atoms with Gasteiger partial charge in [-0.2, -0.15) is 24.4 Å². The van der Waals surface area contributed by atoms with Crippen molar-refractivity contribution < 1.29 is 29.4 Å². The molecule has 7 N–H and O–H groups in total. The van der Waals surface area contributed by atoms with Gasteiger partial charge < -0.3 is 31.9 Å². The summed E-state index contributed by atoms with van der Waals surface area (Å²) in [5.74, 6) is -2.55. The van der Waals surface area contributed by atoms with Gasteiger partial charge in [-0.05, 0) is 36.1 Å². The predicted molar refractivity (Wildman–Crippen MR) is 121 cm³/mol. The molecule has 10 nitrogen and oxygen atoms in total. The fraction of sp³-hybridized carbons (Fsp3) is 0.474. The number of phenols is 1. The normalized spacial score (nSPS) is 13.5. The van der Waals surface area contributed by atoms with E-state index in [0.29, 0.717) is 11.3 Å². The minimum Gasteiger partial charge on any atom is -0.508 e. The van der Waals surface area contributed by atoms with Crippen molar-refractivity contribution in [3.05, 3.63) is 29.8 Å². The Morgan fingerprint density at radius 1 is 1.03 bits per heavy atom. The summed E-state index contributed by atoms with van der Waals surface area (Å²) in [6, 6.07) is 2.77. The van der Waals surface area contributed by atoms with E-state index < -0.39 is 41.8 Å². The Kier molecular flexibility index (Phi) is 11.8. The summed E-state index contributed by atoms with van der Waals surface area (Å²) in [6.07, 6.45) is 2.08. The topological polar surface area (TPSA) is 171 Å². The van der Waals surface area contributed by atoms with Gasteiger partial charge in [0.15, 0.2) is 0 Å². The second-order valence-corrected chi connectivity index (χ2v) is 7.97. The fourth-order valence-corrected chi connectivity index (χ4v) is 3.29. The number of thiol groups is 1. The summed E-state index contributed by atoms with van der Waals surface area (Å²) in [4.78, 5) is 48.5. The highest BCUT2D eigenvalue weighted by molar-refractivity contribution is 7.98. The number of hydrogen-bond donors (Lipinski definition) is 7. The van der Waals surface area contributed by atoms with Gasteiger partial charge in [-0.1, -0.05) is 12.1 Å². The molecule has 0 aliphatic carbocycles. The van der Waals surface area contributed by atoms with Crippen LogP contribution in [-0.4, -0.2) is 76.3 Å². The zero-order valence-corrected chi connectivity index (χ0v) is 18.7. The first kappa shape index (κ1) is 26.6. The molecule has 1 aromatic carbocycles. The van der Waals surface area contributed by atoms with Gasteiger partial charge in [-0.15, -0.1) is 0 Å². The van der Waals surface area contributed by atoms with Gasteiger partial charge in [0.2, 0.25) is 17.7 Å². The first-order valence-corrected chi connectivity index (χ1v) is 11.4. The Morgan fingerprint density at radius 2 is 1.61 bits per heavy atom. The Morgan fingerprint density at radius 3 is 2.13 bits per heavy atom. The van der Waals surface area contributed by atoms with Crippen LogP contribution in [0.4, 0.5) is 0 Å². The van der Waals surface area contributed by atoms with Crippen molar-refractivity contribution in [3.63, 3.8) is 0 Å². The summed E-state index contributed by atoms with van der Waals surface area (Å²) >= 11 is 5.49. The van der Waals surface area contributed by atoms with E-state index in [1.165, 1.54) is 23.9 Å². The molecule has 3 unspecified atom stereocenters. The van der Waals surface area contributed by atoms with Gasteiger partial charge in [0, 0.05) is 12.2 Å². The summed E-state index contributed by atoms with van der Waals surface area (Å²) in [5, 5.41) is 26.2. The van der Waals surface area contributed by atoms with Crippen molar-refractivity contribution in [1.82, 2.24) is 16.0 Å². The van der Waals surface area contributed by atoms with Crippen LogP contribution in [0, 0.1) is 0 Å². The van der Waals surface area contributed by atoms with Crippen LogP contribution in [0.5, 0.6) is 5.75 Å². The molecule has 0 fully saturated rings. The van der Waals surface area contributed by atoms with E-state index in [4.69, 9.17) is 5.73 Å². The van der Waals surface area contributed by atoms with Crippen LogP contribution in [0.2, 0.25) is 0 Å². The van der Waals surface area contributed by atoms with Gasteiger partial charge in [-0.3, -0.25) is 14.4 Å². The molecule has 31 heavy (non-hydrogen) atoms. The summed E-state index contributed by atoms with van der Waals surface area (Å²) < 4.78 is 0. The van der Waals surface area contributed by atoms with Gasteiger partial charge in [0.25, 0.3) is 0 Å². The molecule has 0 bridgehead atoms. The standard InChI is InChI=1S/C19H28N4O6S2/c1-31-7-6-13(19(28)29)22-17(26)14(8-11-2-4-12(24)5-3-11)23-18(27)15(10-30)21-16(25)9-20/h2-5,13-15,24,30H,6-10,20H2,1H3,(H,21,25)(H,22,26)(H,23,27)(H,28,29). The second-order valence-electron chi connectivity index (χ2n) is 6.62. The molecule has 0 saturated carbocycles. The van der Waals surface area contributed by atoms with Crippen molar-refractivity contribution in [2.45, 2.75) is 31.0 Å². The molecular weight excluding hydrogens is 444 g/mol. The van der Waals surface area contributed by atoms with E-state index in [1.54, 1.807) is 12.1 Å². The van der Waals surface area contributed by atoms with Gasteiger partial charge >= 0.3 is 5.97 Å². The maximum Gasteiger partial charge on any atom is 0.326 e. The van der Waals surface area contributed by atoms with E-state index >= 15 is 0 Å². The van der Waals surface area contributed by atoms with Crippen molar-refractivity contribution in [1.29, 1.82) is 0 Å². The monoisotopic (exact) mass is 472 g/mol. The maximum atomic E-state index is 12.8. The summed E-state index contributed by atoms with van der Waals surface area (Å²) in [6.45, 7) is -0.315. The number of benzene rings is 1. The van der Waals surface area contributed by atoms with Crippen LogP contribution in [0.15, 0.2) is 24.3 Å². The van der Waals surface area contributed by atoms with E-state index in [9.17, 15) is 29.4 Å². The van der Waals surface area contributed by atoms with Crippen LogP contribution in [0.1, 0.15) is 12.0 Å². The molecule has 12 heteroatoms. The molecule has 0 radical (unpaired) electrons. The Balaban J connectivity index is 3.02. The van der Waals surface area contributed by atoms with Crippen LogP contribution < -0.4 is 21.7 Å². The molecule has 1 aromatic rings. The molecule has 0 aromatic heterocycles. The fourth-order valence-electron chi connectivity index (χ4n) is 2.56. The van der Waals surface area contributed by atoms with Crippen LogP contribution in [0.3, 0.4) is 0 Å². The Labute approximate surface area is 190 Å². The minimum absolute atomic E-state index is 0.0312. The van der Waals surface area contributed by atoms with Crippen molar-refractivity contribution in [3.8, 4) is 5.75 Å². The second kappa shape index (κ2) is 13.8. The predicted octanol–water partition coefficient (Wildman–Crippen LogP) is -0.885. The number of carbonyl (C=O) groups is 4. The number of carboxylic acid groups (broad SMARTS) is 1. The van der Waals surface area contributed by atoms with E-state index in [1.807, 2.05) is 6.26 Å². The average molecular weight is 473 g/mol. The molecule has 0 aliphatic rings. The number of carbonyl (C=O) groups excluding carboxylic acids is 3. The van der Waals surface area contributed by atoms with Crippen LogP contribution in [0.25, 0.3) is 0 Å². The number of rotatable bonds is 13. The smallest absolute Gasteiger partial charge is 0.326 e. The Bertz CT molecular complexity index is 762. The lowest BCUT2D eigenvalue weighted by Crippen LogP contribution is -2.57. The molecule has 0 spiro atoms.